The predicted molar refractivity (Wildman–Crippen MR) is 117 cm³/mol. The summed E-state index contributed by atoms with van der Waals surface area (Å²) in [4.78, 5) is 14.5. The lowest BCUT2D eigenvalue weighted by Crippen LogP contribution is -2.47. The summed E-state index contributed by atoms with van der Waals surface area (Å²) in [7, 11) is 1.55. The molecule has 2 aromatic carbocycles. The van der Waals surface area contributed by atoms with Crippen LogP contribution < -0.4 is 20.1 Å². The summed E-state index contributed by atoms with van der Waals surface area (Å²) in [6.07, 6.45) is 6.80. The minimum Gasteiger partial charge on any atom is -0.493 e. The average Bonchev–Trinajstić information content (AvgIpc) is 2.80. The number of nitrogens with zero attached hydrogens (tertiary/aromatic N) is 1. The largest absolute Gasteiger partial charge is 0.493 e. The van der Waals surface area contributed by atoms with Crippen molar-refractivity contribution in [3.05, 3.63) is 59.2 Å². The van der Waals surface area contributed by atoms with E-state index >= 15 is 0 Å². The zero-order valence-electron chi connectivity index (χ0n) is 18.0. The predicted octanol–water partition coefficient (Wildman–Crippen LogP) is 3.45. The highest BCUT2D eigenvalue weighted by Gasteiger charge is 2.21. The first-order valence-corrected chi connectivity index (χ1v) is 10.4. The number of carbonyl (C=O) groups excluding carboxylic acids is 1. The smallest absolute Gasteiger partial charge is 0.315 e. The minimum atomic E-state index is -0.839. The van der Waals surface area contributed by atoms with Gasteiger partial charge >= 0.3 is 6.03 Å². The van der Waals surface area contributed by atoms with Crippen molar-refractivity contribution in [3.8, 4) is 23.8 Å². The van der Waals surface area contributed by atoms with E-state index in [1.807, 2.05) is 6.07 Å². The molecule has 0 spiro atoms. The van der Waals surface area contributed by atoms with E-state index in [-0.39, 0.29) is 18.7 Å². The highest BCUT2D eigenvalue weighted by atomic mass is 19.2. The van der Waals surface area contributed by atoms with Crippen LogP contribution in [0.1, 0.15) is 24.0 Å². The average molecular weight is 443 g/mol. The summed E-state index contributed by atoms with van der Waals surface area (Å²) in [5.74, 6) is 1.84. The fraction of sp³-hybridized carbons (Fsp3) is 0.375. The molecular formula is C24H27F2N3O3. The van der Waals surface area contributed by atoms with Crippen molar-refractivity contribution in [1.29, 1.82) is 0 Å². The van der Waals surface area contributed by atoms with Crippen molar-refractivity contribution in [2.75, 3.05) is 26.8 Å². The van der Waals surface area contributed by atoms with E-state index in [4.69, 9.17) is 15.9 Å². The molecule has 32 heavy (non-hydrogen) atoms. The number of rotatable bonds is 8. The molecule has 0 atom stereocenters. The molecule has 170 valence electrons. The van der Waals surface area contributed by atoms with Gasteiger partial charge in [0.05, 0.1) is 7.11 Å². The Morgan fingerprint density at radius 2 is 1.88 bits per heavy atom. The maximum Gasteiger partial charge on any atom is 0.315 e. The van der Waals surface area contributed by atoms with Crippen molar-refractivity contribution < 1.29 is 23.0 Å². The Hall–Kier alpha value is -3.31. The van der Waals surface area contributed by atoms with Gasteiger partial charge in [0.2, 0.25) is 0 Å². The molecule has 2 aromatic rings. The molecule has 3 rings (SSSR count). The summed E-state index contributed by atoms with van der Waals surface area (Å²) in [6.45, 7) is 2.54. The molecule has 8 heteroatoms. The van der Waals surface area contributed by atoms with Gasteiger partial charge in [-0.1, -0.05) is 18.1 Å². The summed E-state index contributed by atoms with van der Waals surface area (Å²) >= 11 is 0. The number of piperidine rings is 1. The summed E-state index contributed by atoms with van der Waals surface area (Å²) in [6, 6.07) is 9.19. The van der Waals surface area contributed by atoms with Gasteiger partial charge in [0.15, 0.2) is 23.1 Å². The Kier molecular flexibility index (Phi) is 8.28. The van der Waals surface area contributed by atoms with Crippen molar-refractivity contribution in [2.24, 2.45) is 0 Å². The summed E-state index contributed by atoms with van der Waals surface area (Å²) in [5.41, 5.74) is 1.59. The second-order valence-corrected chi connectivity index (χ2v) is 7.60. The number of terminal acetylenes is 1. The van der Waals surface area contributed by atoms with Crippen LogP contribution in [0, 0.1) is 24.0 Å². The summed E-state index contributed by atoms with van der Waals surface area (Å²) < 4.78 is 37.2. The molecule has 1 aliphatic heterocycles. The van der Waals surface area contributed by atoms with Crippen LogP contribution in [0.25, 0.3) is 0 Å². The van der Waals surface area contributed by atoms with E-state index in [0.29, 0.717) is 24.6 Å². The molecular weight excluding hydrogens is 416 g/mol. The van der Waals surface area contributed by atoms with Crippen LogP contribution in [-0.2, 0) is 13.1 Å². The Balaban J connectivity index is 1.42. The Bertz CT molecular complexity index is 969. The van der Waals surface area contributed by atoms with Crippen LogP contribution in [-0.4, -0.2) is 43.8 Å². The number of amides is 2. The zero-order valence-corrected chi connectivity index (χ0v) is 18.0. The van der Waals surface area contributed by atoms with Crippen LogP contribution in [0.2, 0.25) is 0 Å². The van der Waals surface area contributed by atoms with Crippen LogP contribution in [0.3, 0.4) is 0 Å². The van der Waals surface area contributed by atoms with Crippen molar-refractivity contribution in [2.45, 2.75) is 32.0 Å². The molecule has 2 N–H and O–H groups in total. The third kappa shape index (κ3) is 6.59. The third-order valence-corrected chi connectivity index (χ3v) is 5.31. The number of urea groups is 1. The summed E-state index contributed by atoms with van der Waals surface area (Å²) in [5, 5.41) is 5.84. The first kappa shape index (κ1) is 23.4. The Morgan fingerprint density at radius 1 is 1.12 bits per heavy atom. The molecule has 1 fully saturated rings. The number of carbonyl (C=O) groups is 1. The number of ether oxygens (including phenoxy) is 2. The second kappa shape index (κ2) is 11.3. The SMILES string of the molecule is C#CCOc1cc(CNC(=O)NC2CCN(Cc3ccc(F)c(F)c3)CC2)ccc1OC. The van der Waals surface area contributed by atoms with Crippen molar-refractivity contribution in [1.82, 2.24) is 15.5 Å². The van der Waals surface area contributed by atoms with Crippen LogP contribution >= 0.6 is 0 Å². The quantitative estimate of drug-likeness (QED) is 0.614. The highest BCUT2D eigenvalue weighted by molar-refractivity contribution is 5.74. The van der Waals surface area contributed by atoms with Gasteiger partial charge in [-0.3, -0.25) is 4.90 Å². The zero-order chi connectivity index (χ0) is 22.9. The van der Waals surface area contributed by atoms with E-state index < -0.39 is 11.6 Å². The van der Waals surface area contributed by atoms with Gasteiger partial charge in [0.25, 0.3) is 0 Å². The lowest BCUT2D eigenvalue weighted by Gasteiger charge is -2.32. The molecule has 0 radical (unpaired) electrons. The maximum atomic E-state index is 13.4. The fourth-order valence-electron chi connectivity index (χ4n) is 3.61. The number of likely N-dealkylation sites (tertiary alicyclic amines) is 1. The molecule has 1 aliphatic rings. The molecule has 0 aliphatic carbocycles. The number of methoxy groups -OCH3 is 1. The molecule has 1 heterocycles. The number of hydrogen-bond acceptors (Lipinski definition) is 4. The molecule has 0 aromatic heterocycles. The topological polar surface area (TPSA) is 62.8 Å². The molecule has 1 saturated heterocycles. The third-order valence-electron chi connectivity index (χ3n) is 5.31. The Labute approximate surface area is 186 Å². The normalized spacial score (nSPS) is 14.4. The second-order valence-electron chi connectivity index (χ2n) is 7.60. The number of halogens is 2. The van der Waals surface area contributed by atoms with Crippen LogP contribution in [0.5, 0.6) is 11.5 Å². The minimum absolute atomic E-state index is 0.0570. The van der Waals surface area contributed by atoms with Gasteiger partial charge in [-0.15, -0.1) is 6.42 Å². The van der Waals surface area contributed by atoms with Gasteiger partial charge in [0.1, 0.15) is 6.61 Å². The first-order chi connectivity index (χ1) is 15.5. The van der Waals surface area contributed by atoms with E-state index in [2.05, 4.69) is 21.5 Å². The number of hydrogen-bond donors (Lipinski definition) is 2. The highest BCUT2D eigenvalue weighted by Crippen LogP contribution is 2.28. The fourth-order valence-corrected chi connectivity index (χ4v) is 3.61. The standard InChI is InChI=1S/C24H27F2N3O3/c1-3-12-32-23-14-17(5-7-22(23)31-2)15-27-24(30)28-19-8-10-29(11-9-19)16-18-4-6-20(25)21(26)13-18/h1,4-7,13-14,19H,8-12,15-16H2,2H3,(H2,27,28,30). The van der Waals surface area contributed by atoms with Gasteiger partial charge < -0.3 is 20.1 Å². The van der Waals surface area contributed by atoms with E-state index in [9.17, 15) is 13.6 Å². The van der Waals surface area contributed by atoms with Gasteiger partial charge in [0, 0.05) is 32.2 Å². The van der Waals surface area contributed by atoms with E-state index in [1.54, 1.807) is 25.3 Å². The van der Waals surface area contributed by atoms with Crippen molar-refractivity contribution >= 4 is 6.03 Å². The first-order valence-electron chi connectivity index (χ1n) is 10.4. The monoisotopic (exact) mass is 443 g/mol. The van der Waals surface area contributed by atoms with E-state index in [1.165, 1.54) is 6.07 Å². The molecule has 6 nitrogen and oxygen atoms in total. The lowest BCUT2D eigenvalue weighted by molar-refractivity contribution is 0.186. The Morgan fingerprint density at radius 3 is 2.56 bits per heavy atom. The molecule has 0 unspecified atom stereocenters. The van der Waals surface area contributed by atoms with Crippen molar-refractivity contribution in [3.63, 3.8) is 0 Å². The number of benzene rings is 2. The van der Waals surface area contributed by atoms with Crippen LogP contribution in [0.4, 0.5) is 13.6 Å². The molecule has 0 bridgehead atoms. The molecule has 0 saturated carbocycles. The van der Waals surface area contributed by atoms with E-state index in [0.717, 1.165) is 43.1 Å². The molecule has 2 amide bonds. The number of nitrogens with one attached hydrogen (secondary N) is 2. The van der Waals surface area contributed by atoms with Gasteiger partial charge in [-0.25, -0.2) is 13.6 Å². The maximum absolute atomic E-state index is 13.4. The lowest BCUT2D eigenvalue weighted by atomic mass is 10.0. The van der Waals surface area contributed by atoms with Gasteiger partial charge in [-0.05, 0) is 48.2 Å². The van der Waals surface area contributed by atoms with Crippen LogP contribution in [0.15, 0.2) is 36.4 Å². The van der Waals surface area contributed by atoms with Gasteiger partial charge in [-0.2, -0.15) is 0 Å².